The highest BCUT2D eigenvalue weighted by molar-refractivity contribution is 6.66. The molecule has 0 atom stereocenters. The topological polar surface area (TPSA) is 191 Å². The van der Waals surface area contributed by atoms with E-state index in [1.165, 1.54) is 5.56 Å². The predicted octanol–water partition coefficient (Wildman–Crippen LogP) is 8.38. The van der Waals surface area contributed by atoms with Gasteiger partial charge < -0.3 is 20.2 Å². The first-order chi connectivity index (χ1) is 32.6. The summed E-state index contributed by atoms with van der Waals surface area (Å²) in [5.74, 6) is 0.872. The third-order valence-electron chi connectivity index (χ3n) is 13.3. The standard InChI is InChI=1S/C20H21N7O.C12H15N5O.C8H7ClN2.C8H6ClN.ClH/c1-25-16-5-3-2-4-15(16)24-19(25)23-12-10-14(11-12)27-18-17(21-8-9-22-18)26(20(27)28)13-6-7-13;13-7-5-9(6-7)17-11-10(14-3-4-15-11)16(12(17)18)8-1-2-8;1-11-7-5-3-2-4-6(7)10-8(11)9;9-8-5-6-3-1-2-4-7(6)10-8;/h2-5,8-9,12-14H,6-7,10-11H2,1H3,(H,23,24);3-4,7-9H,1-2,5-6,13H2;2-5H,1H3;1-4H,5H2;1H. The Hall–Kier alpha value is -6.40. The van der Waals surface area contributed by atoms with Crippen molar-refractivity contribution < 1.29 is 0 Å². The Morgan fingerprint density at radius 3 is 1.53 bits per heavy atom. The fraction of sp³-hybridized carbons (Fsp3) is 0.354. The van der Waals surface area contributed by atoms with Crippen LogP contribution in [0.15, 0.2) is 112 Å². The number of nitrogens with two attached hydrogens (primary N) is 1. The van der Waals surface area contributed by atoms with Gasteiger partial charge in [0.05, 0.1) is 27.8 Å². The van der Waals surface area contributed by atoms with Crippen molar-refractivity contribution in [1.82, 2.24) is 57.3 Å². The van der Waals surface area contributed by atoms with Crippen LogP contribution in [0.4, 0.5) is 11.6 Å². The number of hydrogen-bond acceptors (Lipinski definition) is 11. The number of fused-ring (bicyclic) bond motifs is 5. The quantitative estimate of drug-likeness (QED) is 0.164. The Morgan fingerprint density at radius 2 is 1.04 bits per heavy atom. The third-order valence-corrected chi connectivity index (χ3v) is 13.9. The van der Waals surface area contributed by atoms with Crippen molar-refractivity contribution in [2.45, 2.75) is 94.0 Å². The van der Waals surface area contributed by atoms with E-state index in [2.05, 4.69) is 45.9 Å². The number of rotatable bonds is 6. The van der Waals surface area contributed by atoms with Gasteiger partial charge in [-0.05, 0) is 98.9 Å². The zero-order valence-corrected chi connectivity index (χ0v) is 39.8. The highest BCUT2D eigenvalue weighted by atomic mass is 35.5. The van der Waals surface area contributed by atoms with Gasteiger partial charge in [0, 0.05) is 81.6 Å². The van der Waals surface area contributed by atoms with Crippen molar-refractivity contribution >= 4 is 97.1 Å². The van der Waals surface area contributed by atoms with Gasteiger partial charge in [0.25, 0.3) is 0 Å². The van der Waals surface area contributed by atoms with Crippen LogP contribution in [0.5, 0.6) is 0 Å². The van der Waals surface area contributed by atoms with Crippen LogP contribution in [0.3, 0.4) is 0 Å². The van der Waals surface area contributed by atoms with E-state index < -0.39 is 0 Å². The lowest BCUT2D eigenvalue weighted by molar-refractivity contribution is 0.264. The van der Waals surface area contributed by atoms with Gasteiger partial charge in [-0.25, -0.2) is 44.5 Å². The second-order valence-corrected chi connectivity index (χ2v) is 18.7. The first-order valence-corrected chi connectivity index (χ1v) is 23.5. The number of para-hydroxylation sites is 5. The lowest BCUT2D eigenvalue weighted by Gasteiger charge is -2.36. The van der Waals surface area contributed by atoms with Crippen LogP contribution in [0.1, 0.15) is 81.1 Å². The van der Waals surface area contributed by atoms with Gasteiger partial charge in [0.15, 0.2) is 22.6 Å². The van der Waals surface area contributed by atoms with Gasteiger partial charge in [0.1, 0.15) is 5.17 Å². The van der Waals surface area contributed by atoms with Crippen molar-refractivity contribution in [3.05, 3.63) is 129 Å². The van der Waals surface area contributed by atoms with Gasteiger partial charge in [-0.3, -0.25) is 18.3 Å². The molecule has 0 radical (unpaired) electrons. The van der Waals surface area contributed by atoms with Crippen molar-refractivity contribution in [2.75, 3.05) is 5.32 Å². The monoisotopic (exact) mass is 973 g/mol. The summed E-state index contributed by atoms with van der Waals surface area (Å²) in [5, 5.41) is 4.77. The lowest BCUT2D eigenvalue weighted by Crippen LogP contribution is -2.41. The second kappa shape index (κ2) is 18.6. The molecule has 14 rings (SSSR count). The lowest BCUT2D eigenvalue weighted by atomic mass is 9.86. The molecule has 4 saturated carbocycles. The van der Waals surface area contributed by atoms with Crippen LogP contribution in [0.25, 0.3) is 44.7 Å². The molecular formula is C48H50Cl3N15O2. The summed E-state index contributed by atoms with van der Waals surface area (Å²) < 4.78 is 11.2. The number of nitrogens with one attached hydrogen (secondary N) is 1. The summed E-state index contributed by atoms with van der Waals surface area (Å²) in [5.41, 5.74) is 15.1. The number of hydrogen-bond donors (Lipinski definition) is 2. The summed E-state index contributed by atoms with van der Waals surface area (Å²) in [4.78, 5) is 56.1. The van der Waals surface area contributed by atoms with Crippen LogP contribution in [0, 0.1) is 0 Å². The Balaban J connectivity index is 0.000000115. The summed E-state index contributed by atoms with van der Waals surface area (Å²) >= 11 is 11.5. The minimum absolute atomic E-state index is 0. The molecule has 5 aliphatic rings. The van der Waals surface area contributed by atoms with E-state index >= 15 is 0 Å². The van der Waals surface area contributed by atoms with E-state index in [9.17, 15) is 9.59 Å². The largest absolute Gasteiger partial charge is 0.353 e. The van der Waals surface area contributed by atoms with E-state index in [0.717, 1.165) is 103 Å². The molecule has 6 aromatic heterocycles. The molecule has 20 heteroatoms. The molecule has 4 aliphatic carbocycles. The van der Waals surface area contributed by atoms with E-state index in [-0.39, 0.29) is 41.9 Å². The van der Waals surface area contributed by atoms with E-state index in [4.69, 9.17) is 33.9 Å². The molecule has 3 aromatic carbocycles. The smallest absolute Gasteiger partial charge is 0.332 e. The fourth-order valence-electron chi connectivity index (χ4n) is 9.33. The van der Waals surface area contributed by atoms with Crippen LogP contribution >= 0.6 is 35.6 Å². The molecular weight excluding hydrogens is 925 g/mol. The Morgan fingerprint density at radius 1 is 0.588 bits per heavy atom. The number of nitrogens with zero attached hydrogens (tertiary/aromatic N) is 13. The molecule has 0 amide bonds. The number of imidazole rings is 4. The summed E-state index contributed by atoms with van der Waals surface area (Å²) in [7, 11) is 3.93. The zero-order chi connectivity index (χ0) is 45.9. The predicted molar refractivity (Wildman–Crippen MR) is 269 cm³/mol. The molecule has 0 saturated heterocycles. The first kappa shape index (κ1) is 45.4. The molecule has 7 heterocycles. The highest BCUT2D eigenvalue weighted by Crippen LogP contribution is 2.40. The molecule has 68 heavy (non-hydrogen) atoms. The minimum Gasteiger partial charge on any atom is -0.353 e. The van der Waals surface area contributed by atoms with Crippen LogP contribution < -0.4 is 22.4 Å². The number of aromatic nitrogens is 12. The van der Waals surface area contributed by atoms with Gasteiger partial charge in [-0.2, -0.15) is 0 Å². The summed E-state index contributed by atoms with van der Waals surface area (Å²) in [6, 6.07) is 25.5. The Bertz CT molecular complexity index is 3460. The fourth-order valence-corrected chi connectivity index (χ4v) is 9.75. The van der Waals surface area contributed by atoms with Gasteiger partial charge in [-0.15, -0.1) is 12.4 Å². The molecule has 9 aromatic rings. The number of halogens is 3. The van der Waals surface area contributed by atoms with Gasteiger partial charge in [0.2, 0.25) is 11.2 Å². The van der Waals surface area contributed by atoms with Crippen LogP contribution in [-0.2, 0) is 20.5 Å². The van der Waals surface area contributed by atoms with Crippen molar-refractivity contribution in [3.8, 4) is 0 Å². The normalized spacial score (nSPS) is 20.2. The minimum atomic E-state index is 0. The van der Waals surface area contributed by atoms with E-state index in [1.54, 1.807) is 29.4 Å². The van der Waals surface area contributed by atoms with Gasteiger partial charge >= 0.3 is 11.4 Å². The summed E-state index contributed by atoms with van der Waals surface area (Å²) in [6.45, 7) is 0. The number of anilines is 1. The maximum absolute atomic E-state index is 13.0. The zero-order valence-electron chi connectivity index (χ0n) is 37.4. The van der Waals surface area contributed by atoms with Crippen LogP contribution in [0.2, 0.25) is 5.28 Å². The number of aryl methyl sites for hydroxylation is 2. The van der Waals surface area contributed by atoms with Crippen LogP contribution in [-0.4, -0.2) is 74.6 Å². The van der Waals surface area contributed by atoms with Gasteiger partial charge in [-0.1, -0.05) is 54.1 Å². The number of benzene rings is 3. The molecule has 3 N–H and O–H groups in total. The SMILES string of the molecule is Cl.ClC1=Nc2ccccc2C1.Cn1c(Cl)nc2ccccc21.Cn1c(NC2CC(n3c(=O)n(C4CC4)c4nccnc43)C2)nc2ccccc21.NC1CC(n2c(=O)n(C3CC3)c3nccnc32)C1. The molecule has 0 bridgehead atoms. The maximum Gasteiger partial charge on any atom is 0.332 e. The van der Waals surface area contributed by atoms with E-state index in [1.807, 2.05) is 99.1 Å². The molecule has 1 aliphatic heterocycles. The van der Waals surface area contributed by atoms with Crippen molar-refractivity contribution in [1.29, 1.82) is 0 Å². The highest BCUT2D eigenvalue weighted by Gasteiger charge is 2.38. The molecule has 0 spiro atoms. The molecule has 0 unspecified atom stereocenters. The van der Waals surface area contributed by atoms with E-state index in [0.29, 0.717) is 39.9 Å². The molecule has 17 nitrogen and oxygen atoms in total. The molecule has 350 valence electrons. The Labute approximate surface area is 406 Å². The summed E-state index contributed by atoms with van der Waals surface area (Å²) in [6.07, 6.45) is 15.2. The van der Waals surface area contributed by atoms with Crippen molar-refractivity contribution in [2.24, 2.45) is 24.8 Å². The maximum atomic E-state index is 13.0. The Kier molecular flexibility index (Phi) is 12.4. The third kappa shape index (κ3) is 8.56. The number of aliphatic imine (C=N–C) groups is 1. The first-order valence-electron chi connectivity index (χ1n) is 22.8. The average molecular weight is 975 g/mol. The second-order valence-electron chi connectivity index (χ2n) is 18.0. The van der Waals surface area contributed by atoms with Crippen molar-refractivity contribution in [3.63, 3.8) is 0 Å². The molecule has 4 fully saturated rings. The average Bonchev–Trinajstić information content (AvgIpc) is 4.20.